The lowest BCUT2D eigenvalue weighted by Gasteiger charge is -2.29. The van der Waals surface area contributed by atoms with E-state index in [0.29, 0.717) is 6.61 Å². The van der Waals surface area contributed by atoms with Crippen LogP contribution in [-0.2, 0) is 14.3 Å². The van der Waals surface area contributed by atoms with E-state index in [1.165, 1.54) is 32.1 Å². The standard InChI is InChI=1S/C17H28O4/c1-13(2)12-15-7-5-14(6-8-15)4-3-11-21-17(20)10-9-16(18)19/h9-10,13-15H,3-8,11-12H2,1-2H3,(H,18,19)/b10-9+. The highest BCUT2D eigenvalue weighted by molar-refractivity contribution is 5.90. The fourth-order valence-corrected chi connectivity index (χ4v) is 3.15. The van der Waals surface area contributed by atoms with Crippen LogP contribution in [0.1, 0.15) is 58.8 Å². The molecule has 1 saturated carbocycles. The summed E-state index contributed by atoms with van der Waals surface area (Å²) in [5.74, 6) is 0.759. The topological polar surface area (TPSA) is 63.6 Å². The van der Waals surface area contributed by atoms with E-state index in [1.54, 1.807) is 0 Å². The minimum Gasteiger partial charge on any atom is -0.478 e. The van der Waals surface area contributed by atoms with E-state index in [0.717, 1.165) is 42.7 Å². The van der Waals surface area contributed by atoms with Gasteiger partial charge < -0.3 is 9.84 Å². The Hall–Kier alpha value is -1.32. The van der Waals surface area contributed by atoms with Crippen molar-refractivity contribution in [3.05, 3.63) is 12.2 Å². The van der Waals surface area contributed by atoms with Crippen LogP contribution in [0.4, 0.5) is 0 Å². The van der Waals surface area contributed by atoms with Crippen molar-refractivity contribution in [1.82, 2.24) is 0 Å². The smallest absolute Gasteiger partial charge is 0.331 e. The molecule has 0 aromatic rings. The summed E-state index contributed by atoms with van der Waals surface area (Å²) in [7, 11) is 0. The molecule has 0 heterocycles. The van der Waals surface area contributed by atoms with Crippen LogP contribution >= 0.6 is 0 Å². The van der Waals surface area contributed by atoms with Crippen LogP contribution in [-0.4, -0.2) is 23.7 Å². The molecule has 1 N–H and O–H groups in total. The van der Waals surface area contributed by atoms with Gasteiger partial charge in [-0.3, -0.25) is 0 Å². The molecule has 1 rings (SSSR count). The largest absolute Gasteiger partial charge is 0.478 e. The van der Waals surface area contributed by atoms with Crippen LogP contribution in [0.5, 0.6) is 0 Å². The number of esters is 1. The number of carboxylic acids is 1. The van der Waals surface area contributed by atoms with E-state index in [2.05, 4.69) is 13.8 Å². The number of carboxylic acid groups (broad SMARTS) is 1. The minimum absolute atomic E-state index is 0.384. The number of carbonyl (C=O) groups is 2. The molecule has 21 heavy (non-hydrogen) atoms. The van der Waals surface area contributed by atoms with Crippen LogP contribution < -0.4 is 0 Å². The van der Waals surface area contributed by atoms with Crippen LogP contribution in [0.3, 0.4) is 0 Å². The molecule has 0 atom stereocenters. The first-order chi connectivity index (χ1) is 9.97. The Balaban J connectivity index is 2.07. The summed E-state index contributed by atoms with van der Waals surface area (Å²) in [5, 5.41) is 8.39. The van der Waals surface area contributed by atoms with Crippen molar-refractivity contribution in [3.8, 4) is 0 Å². The fraction of sp³-hybridized carbons (Fsp3) is 0.765. The SMILES string of the molecule is CC(C)CC1CCC(CCCOC(=O)/C=C/C(=O)O)CC1. The Morgan fingerprint density at radius 2 is 1.76 bits per heavy atom. The summed E-state index contributed by atoms with van der Waals surface area (Å²) in [6.07, 6.45) is 10.3. The van der Waals surface area contributed by atoms with Crippen molar-refractivity contribution in [2.75, 3.05) is 6.61 Å². The molecule has 1 aliphatic rings. The van der Waals surface area contributed by atoms with E-state index in [1.807, 2.05) is 0 Å². The first-order valence-electron chi connectivity index (χ1n) is 8.05. The molecule has 0 aliphatic heterocycles. The van der Waals surface area contributed by atoms with Gasteiger partial charge in [0.2, 0.25) is 0 Å². The number of hydrogen-bond donors (Lipinski definition) is 1. The Bertz CT molecular complexity index is 352. The third-order valence-corrected chi connectivity index (χ3v) is 4.13. The third kappa shape index (κ3) is 8.53. The molecule has 0 radical (unpaired) electrons. The summed E-state index contributed by atoms with van der Waals surface area (Å²) < 4.78 is 4.97. The molecule has 0 aromatic carbocycles. The molecule has 0 amide bonds. The molecule has 120 valence electrons. The van der Waals surface area contributed by atoms with Gasteiger partial charge in [-0.05, 0) is 37.0 Å². The molecule has 1 aliphatic carbocycles. The second-order valence-corrected chi connectivity index (χ2v) is 6.50. The predicted molar refractivity (Wildman–Crippen MR) is 81.9 cm³/mol. The lowest BCUT2D eigenvalue weighted by molar-refractivity contribution is -0.138. The Labute approximate surface area is 127 Å². The highest BCUT2D eigenvalue weighted by Crippen LogP contribution is 2.34. The fourth-order valence-electron chi connectivity index (χ4n) is 3.15. The molecule has 0 aromatic heterocycles. The van der Waals surface area contributed by atoms with Crippen molar-refractivity contribution in [2.24, 2.45) is 17.8 Å². The zero-order valence-corrected chi connectivity index (χ0v) is 13.2. The van der Waals surface area contributed by atoms with E-state index in [4.69, 9.17) is 9.84 Å². The zero-order chi connectivity index (χ0) is 15.7. The Kier molecular flexibility index (Phi) is 8.09. The van der Waals surface area contributed by atoms with Crippen molar-refractivity contribution in [3.63, 3.8) is 0 Å². The first-order valence-corrected chi connectivity index (χ1v) is 8.05. The van der Waals surface area contributed by atoms with Gasteiger partial charge in [0.15, 0.2) is 0 Å². The van der Waals surface area contributed by atoms with Crippen molar-refractivity contribution >= 4 is 11.9 Å². The van der Waals surface area contributed by atoms with Gasteiger partial charge in [-0.25, -0.2) is 9.59 Å². The van der Waals surface area contributed by atoms with Crippen LogP contribution in [0.25, 0.3) is 0 Å². The maximum absolute atomic E-state index is 11.2. The molecule has 4 nitrogen and oxygen atoms in total. The third-order valence-electron chi connectivity index (χ3n) is 4.13. The van der Waals surface area contributed by atoms with Crippen LogP contribution in [0.2, 0.25) is 0 Å². The van der Waals surface area contributed by atoms with E-state index < -0.39 is 11.9 Å². The molecular formula is C17H28O4. The van der Waals surface area contributed by atoms with Crippen molar-refractivity contribution in [1.29, 1.82) is 0 Å². The van der Waals surface area contributed by atoms with Gasteiger partial charge in [-0.15, -0.1) is 0 Å². The van der Waals surface area contributed by atoms with Crippen molar-refractivity contribution < 1.29 is 19.4 Å². The van der Waals surface area contributed by atoms with Crippen LogP contribution in [0.15, 0.2) is 12.2 Å². The van der Waals surface area contributed by atoms with E-state index >= 15 is 0 Å². The van der Waals surface area contributed by atoms with Crippen molar-refractivity contribution in [2.45, 2.75) is 58.8 Å². The van der Waals surface area contributed by atoms with Gasteiger partial charge in [0.25, 0.3) is 0 Å². The molecule has 0 unspecified atom stereocenters. The van der Waals surface area contributed by atoms with Gasteiger partial charge in [0, 0.05) is 12.2 Å². The summed E-state index contributed by atoms with van der Waals surface area (Å²) in [4.78, 5) is 21.4. The monoisotopic (exact) mass is 296 g/mol. The molecule has 1 fully saturated rings. The number of rotatable bonds is 8. The second kappa shape index (κ2) is 9.59. The summed E-state index contributed by atoms with van der Waals surface area (Å²) >= 11 is 0. The van der Waals surface area contributed by atoms with Gasteiger partial charge >= 0.3 is 11.9 Å². The summed E-state index contributed by atoms with van der Waals surface area (Å²) in [6.45, 7) is 4.97. The normalized spacial score (nSPS) is 22.6. The Morgan fingerprint density at radius 3 is 2.33 bits per heavy atom. The number of hydrogen-bond acceptors (Lipinski definition) is 3. The maximum Gasteiger partial charge on any atom is 0.331 e. The van der Waals surface area contributed by atoms with Gasteiger partial charge in [-0.1, -0.05) is 39.5 Å². The van der Waals surface area contributed by atoms with E-state index in [9.17, 15) is 9.59 Å². The molecule has 4 heteroatoms. The van der Waals surface area contributed by atoms with Gasteiger partial charge in [0.05, 0.1) is 6.61 Å². The highest BCUT2D eigenvalue weighted by atomic mass is 16.5. The molecule has 0 bridgehead atoms. The maximum atomic E-state index is 11.2. The molecular weight excluding hydrogens is 268 g/mol. The lowest BCUT2D eigenvalue weighted by Crippen LogP contribution is -2.16. The first kappa shape index (κ1) is 17.7. The Morgan fingerprint density at radius 1 is 1.14 bits per heavy atom. The predicted octanol–water partition coefficient (Wildman–Crippen LogP) is 3.80. The molecule has 0 spiro atoms. The average molecular weight is 296 g/mol. The second-order valence-electron chi connectivity index (χ2n) is 6.50. The summed E-state index contributed by atoms with van der Waals surface area (Å²) in [5.41, 5.74) is 0. The number of ether oxygens (including phenoxy) is 1. The number of aliphatic carboxylic acids is 1. The average Bonchev–Trinajstić information content (AvgIpc) is 2.42. The number of carbonyl (C=O) groups excluding carboxylic acids is 1. The molecule has 0 saturated heterocycles. The minimum atomic E-state index is -1.13. The quantitative estimate of drug-likeness (QED) is 0.420. The lowest BCUT2D eigenvalue weighted by atomic mass is 9.77. The van der Waals surface area contributed by atoms with Gasteiger partial charge in [0.1, 0.15) is 0 Å². The van der Waals surface area contributed by atoms with E-state index in [-0.39, 0.29) is 0 Å². The highest BCUT2D eigenvalue weighted by Gasteiger charge is 2.21. The van der Waals surface area contributed by atoms with Gasteiger partial charge in [-0.2, -0.15) is 0 Å². The zero-order valence-electron chi connectivity index (χ0n) is 13.2. The van der Waals surface area contributed by atoms with Crippen LogP contribution in [0, 0.1) is 17.8 Å². The summed E-state index contributed by atoms with van der Waals surface area (Å²) in [6, 6.07) is 0.